The van der Waals surface area contributed by atoms with E-state index in [-0.39, 0.29) is 0 Å². The Morgan fingerprint density at radius 2 is 1.88 bits per heavy atom. The van der Waals surface area contributed by atoms with Gasteiger partial charge in [0.1, 0.15) is 5.75 Å². The van der Waals surface area contributed by atoms with Crippen molar-refractivity contribution in [2.24, 2.45) is 0 Å². The molecule has 0 aliphatic heterocycles. The number of ether oxygens (including phenoxy) is 1. The van der Waals surface area contributed by atoms with Crippen LogP contribution in [0.1, 0.15) is 10.6 Å². The third-order valence-corrected chi connectivity index (χ3v) is 4.41. The highest BCUT2D eigenvalue weighted by Gasteiger charge is 2.05. The summed E-state index contributed by atoms with van der Waals surface area (Å²) in [6, 6.07) is 8.04. The van der Waals surface area contributed by atoms with Crippen molar-refractivity contribution in [3.8, 4) is 5.75 Å². The fraction of sp³-hybridized carbons (Fsp3) is 0.250. The Hall–Kier alpha value is -1.00. The molecule has 0 saturated heterocycles. The number of benzene rings is 1. The SMILES string of the molecule is COc1ccc(Sc2nc(C)c(C)s2)cc1. The first-order valence-electron chi connectivity index (χ1n) is 4.95. The zero-order valence-electron chi connectivity index (χ0n) is 9.48. The van der Waals surface area contributed by atoms with E-state index in [1.807, 2.05) is 19.1 Å². The van der Waals surface area contributed by atoms with Crippen molar-refractivity contribution in [2.45, 2.75) is 23.1 Å². The van der Waals surface area contributed by atoms with Crippen LogP contribution >= 0.6 is 23.1 Å². The van der Waals surface area contributed by atoms with Gasteiger partial charge in [-0.3, -0.25) is 0 Å². The Morgan fingerprint density at radius 1 is 1.19 bits per heavy atom. The molecule has 0 aliphatic rings. The Kier molecular flexibility index (Phi) is 3.51. The predicted molar refractivity (Wildman–Crippen MR) is 68.7 cm³/mol. The first-order chi connectivity index (χ1) is 7.69. The molecule has 0 aliphatic carbocycles. The number of nitrogens with zero attached hydrogens (tertiary/aromatic N) is 1. The molecule has 1 aromatic heterocycles. The van der Waals surface area contributed by atoms with Gasteiger partial charge in [0, 0.05) is 9.77 Å². The first-order valence-corrected chi connectivity index (χ1v) is 6.58. The van der Waals surface area contributed by atoms with E-state index in [1.165, 1.54) is 9.77 Å². The van der Waals surface area contributed by atoms with Crippen LogP contribution in [0.2, 0.25) is 0 Å². The Morgan fingerprint density at radius 3 is 2.38 bits per heavy atom. The van der Waals surface area contributed by atoms with Crippen LogP contribution in [0.4, 0.5) is 0 Å². The molecule has 0 amide bonds. The van der Waals surface area contributed by atoms with Crippen LogP contribution in [0.5, 0.6) is 5.75 Å². The molecule has 84 valence electrons. The number of rotatable bonds is 3. The van der Waals surface area contributed by atoms with Gasteiger partial charge < -0.3 is 4.74 Å². The van der Waals surface area contributed by atoms with Gasteiger partial charge >= 0.3 is 0 Å². The maximum atomic E-state index is 5.12. The molecule has 2 rings (SSSR count). The number of aryl methyl sites for hydroxylation is 2. The summed E-state index contributed by atoms with van der Waals surface area (Å²) >= 11 is 3.43. The second kappa shape index (κ2) is 4.89. The average Bonchev–Trinajstić information content (AvgIpc) is 2.59. The molecule has 4 heteroatoms. The highest BCUT2D eigenvalue weighted by molar-refractivity contribution is 8.01. The standard InChI is InChI=1S/C12H13NOS2/c1-8-9(2)15-12(13-8)16-11-6-4-10(14-3)5-7-11/h4-7H,1-3H3. The molecule has 0 bridgehead atoms. The van der Waals surface area contributed by atoms with Gasteiger partial charge in [-0.1, -0.05) is 11.8 Å². The lowest BCUT2D eigenvalue weighted by Gasteiger charge is -2.00. The minimum absolute atomic E-state index is 0.885. The molecule has 16 heavy (non-hydrogen) atoms. The van der Waals surface area contributed by atoms with Crippen LogP contribution in [0.25, 0.3) is 0 Å². The number of hydrogen-bond acceptors (Lipinski definition) is 4. The minimum atomic E-state index is 0.885. The summed E-state index contributed by atoms with van der Waals surface area (Å²) in [5, 5.41) is 0. The Balaban J connectivity index is 2.14. The van der Waals surface area contributed by atoms with E-state index in [1.54, 1.807) is 30.2 Å². The summed E-state index contributed by atoms with van der Waals surface area (Å²) in [5.74, 6) is 0.885. The van der Waals surface area contributed by atoms with Gasteiger partial charge in [0.05, 0.1) is 12.8 Å². The molecule has 0 fully saturated rings. The number of aromatic nitrogens is 1. The van der Waals surface area contributed by atoms with Crippen molar-refractivity contribution >= 4 is 23.1 Å². The molecular formula is C12H13NOS2. The van der Waals surface area contributed by atoms with E-state index < -0.39 is 0 Å². The summed E-state index contributed by atoms with van der Waals surface area (Å²) in [6.07, 6.45) is 0. The second-order valence-electron chi connectivity index (χ2n) is 3.40. The highest BCUT2D eigenvalue weighted by atomic mass is 32.2. The lowest BCUT2D eigenvalue weighted by atomic mass is 10.3. The van der Waals surface area contributed by atoms with Crippen molar-refractivity contribution in [1.82, 2.24) is 4.98 Å². The first kappa shape index (κ1) is 11.5. The minimum Gasteiger partial charge on any atom is -0.497 e. The van der Waals surface area contributed by atoms with Crippen LogP contribution in [0.15, 0.2) is 33.5 Å². The largest absolute Gasteiger partial charge is 0.497 e. The van der Waals surface area contributed by atoms with E-state index in [2.05, 4.69) is 24.0 Å². The fourth-order valence-corrected chi connectivity index (χ4v) is 3.36. The van der Waals surface area contributed by atoms with E-state index in [4.69, 9.17) is 4.74 Å². The molecule has 0 unspecified atom stereocenters. The topological polar surface area (TPSA) is 22.1 Å². The summed E-state index contributed by atoms with van der Waals surface area (Å²) in [5.41, 5.74) is 1.13. The Labute approximate surface area is 104 Å². The molecule has 0 atom stereocenters. The van der Waals surface area contributed by atoms with Crippen molar-refractivity contribution < 1.29 is 4.74 Å². The van der Waals surface area contributed by atoms with E-state index >= 15 is 0 Å². The van der Waals surface area contributed by atoms with Crippen molar-refractivity contribution in [3.63, 3.8) is 0 Å². The van der Waals surface area contributed by atoms with Crippen molar-refractivity contribution in [3.05, 3.63) is 34.8 Å². The average molecular weight is 251 g/mol. The zero-order chi connectivity index (χ0) is 11.5. The summed E-state index contributed by atoms with van der Waals surface area (Å²) < 4.78 is 6.22. The van der Waals surface area contributed by atoms with Crippen LogP contribution in [-0.4, -0.2) is 12.1 Å². The Bertz CT molecular complexity index is 457. The van der Waals surface area contributed by atoms with Gasteiger partial charge in [-0.05, 0) is 38.1 Å². The van der Waals surface area contributed by atoms with Crippen molar-refractivity contribution in [2.75, 3.05) is 7.11 Å². The molecule has 2 nitrogen and oxygen atoms in total. The number of thiazole rings is 1. The zero-order valence-corrected chi connectivity index (χ0v) is 11.1. The highest BCUT2D eigenvalue weighted by Crippen LogP contribution is 2.33. The van der Waals surface area contributed by atoms with Crippen molar-refractivity contribution in [1.29, 1.82) is 0 Å². The second-order valence-corrected chi connectivity index (χ2v) is 5.92. The van der Waals surface area contributed by atoms with Gasteiger partial charge in [-0.15, -0.1) is 11.3 Å². The normalized spacial score (nSPS) is 10.4. The summed E-state index contributed by atoms with van der Waals surface area (Å²) in [7, 11) is 1.68. The third kappa shape index (κ3) is 2.57. The van der Waals surface area contributed by atoms with Gasteiger partial charge in [0.25, 0.3) is 0 Å². The summed E-state index contributed by atoms with van der Waals surface area (Å²) in [6.45, 7) is 4.15. The molecule has 0 N–H and O–H groups in total. The van der Waals surface area contributed by atoms with Gasteiger partial charge in [0.2, 0.25) is 0 Å². The van der Waals surface area contributed by atoms with Crippen LogP contribution in [0.3, 0.4) is 0 Å². The predicted octanol–water partition coefficient (Wildman–Crippen LogP) is 3.92. The molecule has 0 radical (unpaired) electrons. The lowest BCUT2D eigenvalue weighted by Crippen LogP contribution is -1.81. The third-order valence-electron chi connectivity index (χ3n) is 2.27. The van der Waals surface area contributed by atoms with Gasteiger partial charge in [-0.2, -0.15) is 0 Å². The molecule has 2 aromatic rings. The summed E-state index contributed by atoms with van der Waals surface area (Å²) in [4.78, 5) is 6.98. The molecule has 0 saturated carbocycles. The lowest BCUT2D eigenvalue weighted by molar-refractivity contribution is 0.414. The van der Waals surface area contributed by atoms with E-state index in [0.29, 0.717) is 0 Å². The monoisotopic (exact) mass is 251 g/mol. The van der Waals surface area contributed by atoms with Crippen LogP contribution in [-0.2, 0) is 0 Å². The van der Waals surface area contributed by atoms with Gasteiger partial charge in [-0.25, -0.2) is 4.98 Å². The van der Waals surface area contributed by atoms with E-state index in [9.17, 15) is 0 Å². The molecule has 0 spiro atoms. The van der Waals surface area contributed by atoms with Gasteiger partial charge in [0.15, 0.2) is 4.34 Å². The number of hydrogen-bond donors (Lipinski definition) is 0. The fourth-order valence-electron chi connectivity index (χ4n) is 1.23. The number of methoxy groups -OCH3 is 1. The smallest absolute Gasteiger partial charge is 0.155 e. The molecule has 1 heterocycles. The molecule has 1 aromatic carbocycles. The van der Waals surface area contributed by atoms with E-state index in [0.717, 1.165) is 15.8 Å². The molecular weight excluding hydrogens is 238 g/mol. The van der Waals surface area contributed by atoms with Crippen LogP contribution < -0.4 is 4.74 Å². The maximum Gasteiger partial charge on any atom is 0.155 e. The maximum absolute atomic E-state index is 5.12. The van der Waals surface area contributed by atoms with Crippen LogP contribution in [0, 0.1) is 13.8 Å². The quantitative estimate of drug-likeness (QED) is 0.825.